The summed E-state index contributed by atoms with van der Waals surface area (Å²) in [5.74, 6) is -0.825. The fraction of sp³-hybridized carbons (Fsp3) is 0.579. The van der Waals surface area contributed by atoms with Crippen LogP contribution in [-0.4, -0.2) is 59.1 Å². The summed E-state index contributed by atoms with van der Waals surface area (Å²) in [5.41, 5.74) is 0.467. The lowest BCUT2D eigenvalue weighted by molar-refractivity contribution is -0.147. The summed E-state index contributed by atoms with van der Waals surface area (Å²) in [7, 11) is 0. The number of benzene rings is 1. The van der Waals surface area contributed by atoms with Crippen LogP contribution < -0.4 is 5.32 Å². The largest absolute Gasteiger partial charge is 0.481 e. The zero-order chi connectivity index (χ0) is 17.9. The van der Waals surface area contributed by atoms with Crippen molar-refractivity contribution in [3.05, 3.63) is 35.9 Å². The molecule has 1 aromatic carbocycles. The van der Waals surface area contributed by atoms with Gasteiger partial charge in [0.05, 0.1) is 5.41 Å². The second kappa shape index (κ2) is 7.44. The monoisotopic (exact) mass is 345 g/mol. The SMILES string of the molecule is CC1(C(=O)O)CCN(C(=O)NC2CCCN(Cc3ccccc3)C2)C1. The van der Waals surface area contributed by atoms with Crippen LogP contribution in [0.3, 0.4) is 0 Å². The van der Waals surface area contributed by atoms with Gasteiger partial charge in [-0.1, -0.05) is 30.3 Å². The van der Waals surface area contributed by atoms with Gasteiger partial charge >= 0.3 is 12.0 Å². The minimum atomic E-state index is -0.825. The number of nitrogens with zero attached hydrogens (tertiary/aromatic N) is 2. The molecule has 25 heavy (non-hydrogen) atoms. The molecule has 2 heterocycles. The van der Waals surface area contributed by atoms with E-state index in [0.717, 1.165) is 32.5 Å². The minimum absolute atomic E-state index is 0.127. The second-order valence-electron chi connectivity index (χ2n) is 7.55. The normalized spacial score (nSPS) is 27.2. The highest BCUT2D eigenvalue weighted by molar-refractivity contribution is 5.79. The maximum Gasteiger partial charge on any atom is 0.317 e. The van der Waals surface area contributed by atoms with Crippen LogP contribution in [0.15, 0.2) is 30.3 Å². The number of piperidine rings is 1. The lowest BCUT2D eigenvalue weighted by atomic mass is 9.90. The van der Waals surface area contributed by atoms with Gasteiger partial charge < -0.3 is 15.3 Å². The molecular formula is C19H27N3O3. The van der Waals surface area contributed by atoms with E-state index in [-0.39, 0.29) is 18.6 Å². The average molecular weight is 345 g/mol. The topological polar surface area (TPSA) is 72.9 Å². The average Bonchev–Trinajstić information content (AvgIpc) is 3.00. The van der Waals surface area contributed by atoms with Crippen LogP contribution in [0.1, 0.15) is 31.7 Å². The molecule has 0 radical (unpaired) electrons. The van der Waals surface area contributed by atoms with Crippen LogP contribution in [0.25, 0.3) is 0 Å². The van der Waals surface area contributed by atoms with Crippen molar-refractivity contribution < 1.29 is 14.7 Å². The highest BCUT2D eigenvalue weighted by atomic mass is 16.4. The zero-order valence-corrected chi connectivity index (χ0v) is 14.8. The first kappa shape index (κ1) is 17.7. The van der Waals surface area contributed by atoms with Crippen LogP contribution in [0, 0.1) is 5.41 Å². The fourth-order valence-electron chi connectivity index (χ4n) is 3.73. The lowest BCUT2D eigenvalue weighted by Gasteiger charge is -2.34. The smallest absolute Gasteiger partial charge is 0.317 e. The van der Waals surface area contributed by atoms with E-state index in [4.69, 9.17) is 0 Å². The summed E-state index contributed by atoms with van der Waals surface area (Å²) >= 11 is 0. The Morgan fingerprint density at radius 3 is 2.72 bits per heavy atom. The van der Waals surface area contributed by atoms with Crippen molar-refractivity contribution in [1.82, 2.24) is 15.1 Å². The Morgan fingerprint density at radius 2 is 2.04 bits per heavy atom. The molecule has 2 aliphatic heterocycles. The van der Waals surface area contributed by atoms with E-state index >= 15 is 0 Å². The minimum Gasteiger partial charge on any atom is -0.481 e. The molecule has 136 valence electrons. The number of carbonyl (C=O) groups excluding carboxylic acids is 1. The van der Waals surface area contributed by atoms with Crippen LogP contribution >= 0.6 is 0 Å². The third-order valence-corrected chi connectivity index (χ3v) is 5.36. The fourth-order valence-corrected chi connectivity index (χ4v) is 3.73. The van der Waals surface area contributed by atoms with Crippen molar-refractivity contribution in [2.45, 2.75) is 38.8 Å². The van der Waals surface area contributed by atoms with Gasteiger partial charge in [0.1, 0.15) is 0 Å². The van der Waals surface area contributed by atoms with Crippen LogP contribution in [0.5, 0.6) is 0 Å². The van der Waals surface area contributed by atoms with Gasteiger partial charge in [-0.2, -0.15) is 0 Å². The molecule has 3 rings (SSSR count). The van der Waals surface area contributed by atoms with Gasteiger partial charge in [0.25, 0.3) is 0 Å². The summed E-state index contributed by atoms with van der Waals surface area (Å²) in [6.45, 7) is 5.29. The molecule has 2 saturated heterocycles. The zero-order valence-electron chi connectivity index (χ0n) is 14.8. The van der Waals surface area contributed by atoms with Gasteiger partial charge in [-0.25, -0.2) is 4.79 Å². The molecular weight excluding hydrogens is 318 g/mol. The molecule has 0 aromatic heterocycles. The number of urea groups is 1. The Balaban J connectivity index is 1.51. The molecule has 2 atom stereocenters. The second-order valence-corrected chi connectivity index (χ2v) is 7.55. The molecule has 2 N–H and O–H groups in total. The van der Waals surface area contributed by atoms with Crippen molar-refractivity contribution >= 4 is 12.0 Å². The van der Waals surface area contributed by atoms with E-state index < -0.39 is 11.4 Å². The van der Waals surface area contributed by atoms with Crippen molar-refractivity contribution in [3.8, 4) is 0 Å². The van der Waals surface area contributed by atoms with E-state index in [1.807, 2.05) is 18.2 Å². The van der Waals surface area contributed by atoms with Gasteiger partial charge in [0, 0.05) is 32.2 Å². The molecule has 1 aromatic rings. The van der Waals surface area contributed by atoms with Gasteiger partial charge in [0.15, 0.2) is 0 Å². The molecule has 6 heteroatoms. The van der Waals surface area contributed by atoms with Gasteiger partial charge in [-0.3, -0.25) is 9.69 Å². The van der Waals surface area contributed by atoms with Crippen LogP contribution in [0.2, 0.25) is 0 Å². The molecule has 6 nitrogen and oxygen atoms in total. The number of aliphatic carboxylic acids is 1. The molecule has 2 amide bonds. The van der Waals surface area contributed by atoms with Crippen molar-refractivity contribution in [3.63, 3.8) is 0 Å². The number of nitrogens with one attached hydrogen (secondary N) is 1. The van der Waals surface area contributed by atoms with Gasteiger partial charge in [-0.05, 0) is 38.3 Å². The first-order chi connectivity index (χ1) is 12.0. The predicted molar refractivity (Wildman–Crippen MR) is 95.2 cm³/mol. The van der Waals surface area contributed by atoms with E-state index in [2.05, 4.69) is 22.3 Å². The summed E-state index contributed by atoms with van der Waals surface area (Å²) in [5, 5.41) is 12.4. The number of carbonyl (C=O) groups is 2. The van der Waals surface area contributed by atoms with Gasteiger partial charge in [-0.15, -0.1) is 0 Å². The summed E-state index contributed by atoms with van der Waals surface area (Å²) in [4.78, 5) is 27.8. The number of rotatable bonds is 4. The quantitative estimate of drug-likeness (QED) is 0.877. The summed E-state index contributed by atoms with van der Waals surface area (Å²) in [6.07, 6.45) is 2.55. The number of carboxylic acid groups (broad SMARTS) is 1. The highest BCUT2D eigenvalue weighted by Gasteiger charge is 2.42. The molecule has 2 aliphatic rings. The number of carboxylic acids is 1. The third-order valence-electron chi connectivity index (χ3n) is 5.36. The molecule has 0 bridgehead atoms. The van der Waals surface area contributed by atoms with Crippen LogP contribution in [-0.2, 0) is 11.3 Å². The third kappa shape index (κ3) is 4.31. The predicted octanol–water partition coefficient (Wildman–Crippen LogP) is 2.16. The Morgan fingerprint density at radius 1 is 1.28 bits per heavy atom. The first-order valence-electron chi connectivity index (χ1n) is 9.01. The van der Waals surface area contributed by atoms with E-state index in [1.54, 1.807) is 11.8 Å². The highest BCUT2D eigenvalue weighted by Crippen LogP contribution is 2.30. The number of likely N-dealkylation sites (tertiary alicyclic amines) is 2. The Kier molecular flexibility index (Phi) is 5.27. The number of hydrogen-bond acceptors (Lipinski definition) is 3. The van der Waals surface area contributed by atoms with Crippen molar-refractivity contribution in [2.24, 2.45) is 5.41 Å². The maximum absolute atomic E-state index is 12.5. The van der Waals surface area contributed by atoms with Crippen molar-refractivity contribution in [2.75, 3.05) is 26.2 Å². The summed E-state index contributed by atoms with van der Waals surface area (Å²) in [6, 6.07) is 10.4. The Bertz CT molecular complexity index is 622. The maximum atomic E-state index is 12.5. The summed E-state index contributed by atoms with van der Waals surface area (Å²) < 4.78 is 0. The van der Waals surface area contributed by atoms with E-state index in [0.29, 0.717) is 13.0 Å². The molecule has 0 saturated carbocycles. The van der Waals surface area contributed by atoms with E-state index in [9.17, 15) is 14.7 Å². The molecule has 2 fully saturated rings. The van der Waals surface area contributed by atoms with Gasteiger partial charge in [0.2, 0.25) is 0 Å². The molecule has 0 aliphatic carbocycles. The molecule has 2 unspecified atom stereocenters. The Hall–Kier alpha value is -2.08. The lowest BCUT2D eigenvalue weighted by Crippen LogP contribution is -2.51. The van der Waals surface area contributed by atoms with Crippen molar-refractivity contribution in [1.29, 1.82) is 0 Å². The number of hydrogen-bond donors (Lipinski definition) is 2. The standard InChI is InChI=1S/C19H27N3O3/c1-19(17(23)24)9-11-22(14-19)18(25)20-16-8-5-10-21(13-16)12-15-6-3-2-4-7-15/h2-4,6-7,16H,5,8-14H2,1H3,(H,20,25)(H,23,24). The van der Waals surface area contributed by atoms with Crippen LogP contribution in [0.4, 0.5) is 4.79 Å². The van der Waals surface area contributed by atoms with E-state index in [1.165, 1.54) is 5.56 Å². The molecule has 0 spiro atoms. The Labute approximate surface area is 148 Å². The first-order valence-corrected chi connectivity index (χ1v) is 9.01. The number of amides is 2.